The van der Waals surface area contributed by atoms with Crippen molar-refractivity contribution in [3.63, 3.8) is 0 Å². The van der Waals surface area contributed by atoms with Gasteiger partial charge in [0.15, 0.2) is 0 Å². The van der Waals surface area contributed by atoms with E-state index >= 15 is 0 Å². The second-order valence-corrected chi connectivity index (χ2v) is 4.88. The number of benzene rings is 1. The van der Waals surface area contributed by atoms with Crippen LogP contribution in [-0.4, -0.2) is 0 Å². The van der Waals surface area contributed by atoms with E-state index in [0.29, 0.717) is 0 Å². The minimum absolute atomic E-state index is 0.825. The van der Waals surface area contributed by atoms with Gasteiger partial charge < -0.3 is 0 Å². The lowest BCUT2D eigenvalue weighted by atomic mass is 10.0. The van der Waals surface area contributed by atoms with Gasteiger partial charge in [-0.1, -0.05) is 25.1 Å². The number of fused-ring (bicyclic) bond motifs is 1. The zero-order chi connectivity index (χ0) is 7.84. The average molecular weight is 164 g/mol. The van der Waals surface area contributed by atoms with Crippen molar-refractivity contribution < 1.29 is 0 Å². The van der Waals surface area contributed by atoms with E-state index in [1.54, 1.807) is 11.1 Å². The van der Waals surface area contributed by atoms with Crippen molar-refractivity contribution in [1.29, 1.82) is 0 Å². The van der Waals surface area contributed by atoms with Gasteiger partial charge >= 0.3 is 0 Å². The summed E-state index contributed by atoms with van der Waals surface area (Å²) >= 11 is 0. The quantitative estimate of drug-likeness (QED) is 0.516. The number of hydrogen-bond acceptors (Lipinski definition) is 0. The van der Waals surface area contributed by atoms with Crippen molar-refractivity contribution in [1.82, 2.24) is 0 Å². The number of rotatable bonds is 0. The van der Waals surface area contributed by atoms with E-state index in [9.17, 15) is 0 Å². The second kappa shape index (κ2) is 2.60. The summed E-state index contributed by atoms with van der Waals surface area (Å²) in [6.07, 6.45) is 1.32. The number of aryl methyl sites for hydroxylation is 1. The minimum Gasteiger partial charge on any atom is -0.110 e. The van der Waals surface area contributed by atoms with Crippen molar-refractivity contribution in [2.45, 2.75) is 25.7 Å². The molecule has 0 nitrogen and oxygen atoms in total. The molecule has 2 unspecified atom stereocenters. The van der Waals surface area contributed by atoms with Crippen LogP contribution in [0.25, 0.3) is 0 Å². The molecule has 2 rings (SSSR count). The fraction of sp³-hybridized carbons (Fsp3) is 0.400. The third-order valence-electron chi connectivity index (χ3n) is 2.45. The monoisotopic (exact) mass is 164 g/mol. The molecule has 0 saturated carbocycles. The lowest BCUT2D eigenvalue weighted by Crippen LogP contribution is -1.88. The van der Waals surface area contributed by atoms with Crippen LogP contribution in [0.5, 0.6) is 0 Å². The number of hydrogen-bond donors (Lipinski definition) is 0. The Kier molecular flexibility index (Phi) is 1.73. The van der Waals surface area contributed by atoms with Crippen molar-refractivity contribution in [2.75, 3.05) is 0 Å². The normalized spacial score (nSPS) is 24.0. The SMILES string of the molecule is Cc1cccc2c1C(C)PC2. The zero-order valence-electron chi connectivity index (χ0n) is 7.02. The molecule has 0 bridgehead atoms. The highest BCUT2D eigenvalue weighted by atomic mass is 31.1. The average Bonchev–Trinajstić information content (AvgIpc) is 2.34. The molecule has 11 heavy (non-hydrogen) atoms. The lowest BCUT2D eigenvalue weighted by Gasteiger charge is -2.06. The molecule has 2 atom stereocenters. The van der Waals surface area contributed by atoms with Crippen LogP contribution >= 0.6 is 8.58 Å². The highest BCUT2D eigenvalue weighted by Crippen LogP contribution is 2.47. The Balaban J connectivity index is 2.58. The summed E-state index contributed by atoms with van der Waals surface area (Å²) < 4.78 is 0. The van der Waals surface area contributed by atoms with Crippen molar-refractivity contribution in [3.05, 3.63) is 34.9 Å². The highest BCUT2D eigenvalue weighted by Gasteiger charge is 2.18. The summed E-state index contributed by atoms with van der Waals surface area (Å²) in [6, 6.07) is 6.68. The molecule has 0 radical (unpaired) electrons. The Morgan fingerprint density at radius 1 is 1.45 bits per heavy atom. The molecule has 0 saturated heterocycles. The maximum absolute atomic E-state index is 2.34. The second-order valence-electron chi connectivity index (χ2n) is 3.25. The molecule has 0 spiro atoms. The van der Waals surface area contributed by atoms with E-state index < -0.39 is 0 Å². The first-order valence-corrected chi connectivity index (χ1v) is 5.39. The summed E-state index contributed by atoms with van der Waals surface area (Å²) in [6.45, 7) is 4.57. The molecule has 1 aromatic carbocycles. The van der Waals surface area contributed by atoms with Crippen molar-refractivity contribution in [2.24, 2.45) is 0 Å². The minimum atomic E-state index is 0.825. The Morgan fingerprint density at radius 3 is 3.00 bits per heavy atom. The van der Waals surface area contributed by atoms with E-state index in [-0.39, 0.29) is 0 Å². The van der Waals surface area contributed by atoms with Crippen LogP contribution in [0.3, 0.4) is 0 Å². The molecule has 58 valence electrons. The molecule has 1 heteroatoms. The van der Waals surface area contributed by atoms with Gasteiger partial charge in [0.25, 0.3) is 0 Å². The van der Waals surface area contributed by atoms with Crippen LogP contribution in [0, 0.1) is 6.92 Å². The van der Waals surface area contributed by atoms with Gasteiger partial charge in [0, 0.05) is 0 Å². The predicted octanol–water partition coefficient (Wildman–Crippen LogP) is 3.25. The van der Waals surface area contributed by atoms with Crippen LogP contribution in [0.15, 0.2) is 18.2 Å². The maximum Gasteiger partial charge on any atom is -0.000572 e. The van der Waals surface area contributed by atoms with Crippen LogP contribution in [-0.2, 0) is 6.16 Å². The Bertz CT molecular complexity index is 278. The van der Waals surface area contributed by atoms with Gasteiger partial charge in [-0.3, -0.25) is 0 Å². The third kappa shape index (κ3) is 1.10. The molecule has 1 heterocycles. The molecule has 1 aromatic rings. The first kappa shape index (κ1) is 7.31. The van der Waals surface area contributed by atoms with Gasteiger partial charge in [0.1, 0.15) is 0 Å². The van der Waals surface area contributed by atoms with Crippen molar-refractivity contribution >= 4 is 8.58 Å². The Morgan fingerprint density at radius 2 is 2.27 bits per heavy atom. The van der Waals surface area contributed by atoms with Gasteiger partial charge in [-0.2, -0.15) is 0 Å². The molecule has 0 aromatic heterocycles. The standard InChI is InChI=1S/C10H13P/c1-7-4-3-5-9-6-11-8(2)10(7)9/h3-5,8,11H,6H2,1-2H3. The van der Waals surface area contributed by atoms with Gasteiger partial charge in [0.05, 0.1) is 0 Å². The molecule has 1 aliphatic rings. The zero-order valence-corrected chi connectivity index (χ0v) is 8.02. The first-order valence-electron chi connectivity index (χ1n) is 4.11. The molecular formula is C10H13P. The topological polar surface area (TPSA) is 0 Å². The van der Waals surface area contributed by atoms with Gasteiger partial charge in [-0.05, 0) is 35.4 Å². The van der Waals surface area contributed by atoms with E-state index in [1.165, 1.54) is 11.7 Å². The van der Waals surface area contributed by atoms with Crippen LogP contribution < -0.4 is 0 Å². The van der Waals surface area contributed by atoms with Gasteiger partial charge in [0.2, 0.25) is 0 Å². The largest absolute Gasteiger partial charge is 0.110 e. The summed E-state index contributed by atoms with van der Waals surface area (Å²) in [5, 5.41) is 0. The maximum atomic E-state index is 2.34. The summed E-state index contributed by atoms with van der Waals surface area (Å²) in [7, 11) is 1.12. The van der Waals surface area contributed by atoms with Crippen molar-refractivity contribution in [3.8, 4) is 0 Å². The Hall–Kier alpha value is -0.350. The smallest absolute Gasteiger partial charge is 0.000572 e. The summed E-state index contributed by atoms with van der Waals surface area (Å²) in [5.74, 6) is 0. The molecular weight excluding hydrogens is 151 g/mol. The van der Waals surface area contributed by atoms with Crippen LogP contribution in [0.2, 0.25) is 0 Å². The first-order chi connectivity index (χ1) is 5.29. The molecule has 0 amide bonds. The Labute approximate surface area is 69.8 Å². The van der Waals surface area contributed by atoms with Crippen LogP contribution in [0.1, 0.15) is 29.3 Å². The van der Waals surface area contributed by atoms with E-state index in [1.807, 2.05) is 0 Å². The predicted molar refractivity (Wildman–Crippen MR) is 51.6 cm³/mol. The van der Waals surface area contributed by atoms with Gasteiger partial charge in [-0.15, -0.1) is 8.58 Å². The summed E-state index contributed by atoms with van der Waals surface area (Å²) in [5.41, 5.74) is 5.54. The fourth-order valence-corrected chi connectivity index (χ4v) is 3.33. The fourth-order valence-electron chi connectivity index (χ4n) is 1.88. The molecule has 1 aliphatic heterocycles. The lowest BCUT2D eigenvalue weighted by molar-refractivity contribution is 1.08. The van der Waals surface area contributed by atoms with E-state index in [2.05, 4.69) is 32.0 Å². The molecule has 0 N–H and O–H groups in total. The van der Waals surface area contributed by atoms with Crippen LogP contribution in [0.4, 0.5) is 0 Å². The molecule has 0 aliphatic carbocycles. The van der Waals surface area contributed by atoms with Gasteiger partial charge in [-0.25, -0.2) is 0 Å². The molecule has 0 fully saturated rings. The highest BCUT2D eigenvalue weighted by molar-refractivity contribution is 7.38. The third-order valence-corrected chi connectivity index (χ3v) is 3.93. The summed E-state index contributed by atoms with van der Waals surface area (Å²) in [4.78, 5) is 0. The van der Waals surface area contributed by atoms with E-state index in [4.69, 9.17) is 0 Å². The van der Waals surface area contributed by atoms with E-state index in [0.717, 1.165) is 14.2 Å².